The van der Waals surface area contributed by atoms with Crippen LogP contribution in [0.15, 0.2) is 24.3 Å². The van der Waals surface area contributed by atoms with Gasteiger partial charge in [0.25, 0.3) is 0 Å². The summed E-state index contributed by atoms with van der Waals surface area (Å²) in [7, 11) is 4.08. The molecule has 2 aromatic rings. The number of hydrogen-bond acceptors (Lipinski definition) is 5. The zero-order chi connectivity index (χ0) is 14.5. The number of likely N-dealkylation sites (N-methyl/N-ethyl adjacent to an activating group) is 1. The molecule has 6 heteroatoms. The van der Waals surface area contributed by atoms with Gasteiger partial charge in [-0.25, -0.2) is 9.37 Å². The molecule has 1 heterocycles. The molecule has 1 aromatic heterocycles. The van der Waals surface area contributed by atoms with Crippen molar-refractivity contribution in [2.24, 2.45) is 0 Å². The van der Waals surface area contributed by atoms with Gasteiger partial charge >= 0.3 is 0 Å². The zero-order valence-electron chi connectivity index (χ0n) is 11.7. The summed E-state index contributed by atoms with van der Waals surface area (Å²) in [6.45, 7) is 2.59. The third-order valence-electron chi connectivity index (χ3n) is 2.85. The van der Waals surface area contributed by atoms with Crippen LogP contribution in [0.4, 0.5) is 9.52 Å². The van der Waals surface area contributed by atoms with Crippen molar-refractivity contribution in [2.75, 3.05) is 32.9 Å². The number of rotatable bonds is 6. The number of halogens is 1. The third-order valence-corrected chi connectivity index (χ3v) is 3.74. The van der Waals surface area contributed by atoms with E-state index in [0.29, 0.717) is 5.13 Å². The SMILES string of the molecule is CN(C)CCNCc1sc(N)nc1-c1ccc(F)cc1. The highest BCUT2D eigenvalue weighted by atomic mass is 32.1. The second kappa shape index (κ2) is 6.78. The second-order valence-corrected chi connectivity index (χ2v) is 5.93. The van der Waals surface area contributed by atoms with Crippen LogP contribution < -0.4 is 11.1 Å². The fourth-order valence-corrected chi connectivity index (χ4v) is 2.65. The lowest BCUT2D eigenvalue weighted by atomic mass is 10.1. The molecule has 0 saturated heterocycles. The lowest BCUT2D eigenvalue weighted by molar-refractivity contribution is 0.400. The number of nitrogen functional groups attached to an aromatic ring is 1. The summed E-state index contributed by atoms with van der Waals surface area (Å²) in [6, 6.07) is 6.34. The fraction of sp³-hybridized carbons (Fsp3) is 0.357. The van der Waals surface area contributed by atoms with Crippen molar-refractivity contribution in [3.05, 3.63) is 35.0 Å². The van der Waals surface area contributed by atoms with E-state index in [-0.39, 0.29) is 5.82 Å². The number of anilines is 1. The van der Waals surface area contributed by atoms with Gasteiger partial charge in [-0.1, -0.05) is 0 Å². The van der Waals surface area contributed by atoms with Crippen LogP contribution in [0.3, 0.4) is 0 Å². The number of aromatic nitrogens is 1. The lowest BCUT2D eigenvalue weighted by Gasteiger charge is -2.10. The van der Waals surface area contributed by atoms with Crippen LogP contribution in [0.2, 0.25) is 0 Å². The molecule has 0 aliphatic rings. The summed E-state index contributed by atoms with van der Waals surface area (Å²) in [5, 5.41) is 3.90. The van der Waals surface area contributed by atoms with Crippen molar-refractivity contribution in [2.45, 2.75) is 6.54 Å². The van der Waals surface area contributed by atoms with Crippen LogP contribution in [0.1, 0.15) is 4.88 Å². The Balaban J connectivity index is 2.08. The molecule has 0 amide bonds. The first-order valence-electron chi connectivity index (χ1n) is 6.43. The van der Waals surface area contributed by atoms with Crippen molar-refractivity contribution >= 4 is 16.5 Å². The number of hydrogen-bond donors (Lipinski definition) is 2. The Morgan fingerprint density at radius 3 is 2.65 bits per heavy atom. The maximum Gasteiger partial charge on any atom is 0.180 e. The quantitative estimate of drug-likeness (QED) is 0.802. The molecule has 1 aromatic carbocycles. The highest BCUT2D eigenvalue weighted by molar-refractivity contribution is 7.15. The molecule has 0 atom stereocenters. The molecule has 108 valence electrons. The van der Waals surface area contributed by atoms with E-state index >= 15 is 0 Å². The van der Waals surface area contributed by atoms with E-state index in [0.717, 1.165) is 35.8 Å². The first-order valence-corrected chi connectivity index (χ1v) is 7.24. The van der Waals surface area contributed by atoms with Crippen LogP contribution in [0.5, 0.6) is 0 Å². The Bertz CT molecular complexity index is 551. The van der Waals surface area contributed by atoms with Gasteiger partial charge in [-0.15, -0.1) is 11.3 Å². The van der Waals surface area contributed by atoms with Crippen molar-refractivity contribution in [1.29, 1.82) is 0 Å². The molecule has 0 saturated carbocycles. The van der Waals surface area contributed by atoms with Crippen LogP contribution in [0.25, 0.3) is 11.3 Å². The van der Waals surface area contributed by atoms with E-state index in [9.17, 15) is 4.39 Å². The Morgan fingerprint density at radius 1 is 1.30 bits per heavy atom. The van der Waals surface area contributed by atoms with Crippen LogP contribution >= 0.6 is 11.3 Å². The lowest BCUT2D eigenvalue weighted by Crippen LogP contribution is -2.26. The molecule has 0 aliphatic heterocycles. The summed E-state index contributed by atoms with van der Waals surface area (Å²) >= 11 is 1.47. The first kappa shape index (κ1) is 14.9. The maximum absolute atomic E-state index is 13.0. The van der Waals surface area contributed by atoms with Crippen molar-refractivity contribution < 1.29 is 4.39 Å². The molecule has 0 unspecified atom stereocenters. The van der Waals surface area contributed by atoms with Gasteiger partial charge in [0.1, 0.15) is 5.82 Å². The molecular formula is C14H19FN4S. The van der Waals surface area contributed by atoms with Gasteiger partial charge in [-0.05, 0) is 38.4 Å². The number of nitrogens with zero attached hydrogens (tertiary/aromatic N) is 2. The smallest absolute Gasteiger partial charge is 0.180 e. The molecule has 0 radical (unpaired) electrons. The monoisotopic (exact) mass is 294 g/mol. The van der Waals surface area contributed by atoms with E-state index in [1.54, 1.807) is 12.1 Å². The number of benzene rings is 1. The Kier molecular flexibility index (Phi) is 5.05. The average molecular weight is 294 g/mol. The molecule has 20 heavy (non-hydrogen) atoms. The minimum atomic E-state index is -0.248. The van der Waals surface area contributed by atoms with Gasteiger partial charge in [0.05, 0.1) is 5.69 Å². The van der Waals surface area contributed by atoms with E-state index in [4.69, 9.17) is 5.73 Å². The van der Waals surface area contributed by atoms with Crippen LogP contribution in [-0.4, -0.2) is 37.1 Å². The highest BCUT2D eigenvalue weighted by Crippen LogP contribution is 2.29. The Morgan fingerprint density at radius 2 is 2.00 bits per heavy atom. The van der Waals surface area contributed by atoms with Crippen LogP contribution in [0, 0.1) is 5.82 Å². The molecular weight excluding hydrogens is 275 g/mol. The van der Waals surface area contributed by atoms with Gasteiger partial charge in [-0.3, -0.25) is 0 Å². The summed E-state index contributed by atoms with van der Waals surface area (Å²) in [6.07, 6.45) is 0. The van der Waals surface area contributed by atoms with Gasteiger partial charge < -0.3 is 16.0 Å². The summed E-state index contributed by atoms with van der Waals surface area (Å²) in [5.74, 6) is -0.248. The summed E-state index contributed by atoms with van der Waals surface area (Å²) in [4.78, 5) is 7.54. The molecule has 3 N–H and O–H groups in total. The standard InChI is InChI=1S/C14H19FN4S/c1-19(2)8-7-17-9-12-13(18-14(16)20-12)10-3-5-11(15)6-4-10/h3-6,17H,7-9H2,1-2H3,(H2,16,18). The molecule has 0 bridgehead atoms. The van der Waals surface area contributed by atoms with Gasteiger partial charge in [0.15, 0.2) is 5.13 Å². The minimum Gasteiger partial charge on any atom is -0.375 e. The Hall–Kier alpha value is -1.50. The van der Waals surface area contributed by atoms with Crippen molar-refractivity contribution in [1.82, 2.24) is 15.2 Å². The van der Waals surface area contributed by atoms with Crippen molar-refractivity contribution in [3.8, 4) is 11.3 Å². The number of thiazole rings is 1. The van der Waals surface area contributed by atoms with E-state index in [1.807, 2.05) is 14.1 Å². The zero-order valence-corrected chi connectivity index (χ0v) is 12.5. The first-order chi connectivity index (χ1) is 9.56. The minimum absolute atomic E-state index is 0.248. The van der Waals surface area contributed by atoms with E-state index in [2.05, 4.69) is 15.2 Å². The average Bonchev–Trinajstić information content (AvgIpc) is 2.76. The molecule has 0 fully saturated rings. The van der Waals surface area contributed by atoms with E-state index in [1.165, 1.54) is 23.5 Å². The second-order valence-electron chi connectivity index (χ2n) is 4.81. The molecule has 0 spiro atoms. The van der Waals surface area contributed by atoms with Crippen LogP contribution in [-0.2, 0) is 6.54 Å². The summed E-state index contributed by atoms with van der Waals surface area (Å²) < 4.78 is 13.0. The van der Waals surface area contributed by atoms with Gasteiger partial charge in [0.2, 0.25) is 0 Å². The predicted octanol–water partition coefficient (Wildman–Crippen LogP) is 2.18. The summed E-state index contributed by atoms with van der Waals surface area (Å²) in [5.41, 5.74) is 7.53. The molecule has 2 rings (SSSR count). The normalized spacial score (nSPS) is 11.2. The topological polar surface area (TPSA) is 54.2 Å². The molecule has 4 nitrogen and oxygen atoms in total. The highest BCUT2D eigenvalue weighted by Gasteiger charge is 2.11. The van der Waals surface area contributed by atoms with Crippen molar-refractivity contribution in [3.63, 3.8) is 0 Å². The largest absolute Gasteiger partial charge is 0.375 e. The third kappa shape index (κ3) is 4.00. The maximum atomic E-state index is 13.0. The fourth-order valence-electron chi connectivity index (χ4n) is 1.83. The predicted molar refractivity (Wildman–Crippen MR) is 82.2 cm³/mol. The van der Waals surface area contributed by atoms with E-state index < -0.39 is 0 Å². The number of nitrogens with one attached hydrogen (secondary N) is 1. The van der Waals surface area contributed by atoms with Gasteiger partial charge in [0, 0.05) is 30.1 Å². The number of nitrogens with two attached hydrogens (primary N) is 1. The molecule has 0 aliphatic carbocycles. The Labute approximate surface area is 122 Å². The van der Waals surface area contributed by atoms with Gasteiger partial charge in [-0.2, -0.15) is 0 Å².